The van der Waals surface area contributed by atoms with Crippen LogP contribution in [0.25, 0.3) is 6.08 Å². The Morgan fingerprint density at radius 2 is 1.71 bits per heavy atom. The predicted octanol–water partition coefficient (Wildman–Crippen LogP) is 4.72. The van der Waals surface area contributed by atoms with Crippen LogP contribution in [0.5, 0.6) is 0 Å². The number of hydrogen-bond donors (Lipinski definition) is 2. The van der Waals surface area contributed by atoms with Crippen LogP contribution in [0.3, 0.4) is 0 Å². The maximum atomic E-state index is 13.3. The molecule has 4 rings (SSSR count). The lowest BCUT2D eigenvalue weighted by Crippen LogP contribution is -2.34. The first kappa shape index (κ1) is 26.7. The highest BCUT2D eigenvalue weighted by Gasteiger charge is 2.38. The number of amides is 3. The summed E-state index contributed by atoms with van der Waals surface area (Å²) in [6, 6.07) is 16.2. The van der Waals surface area contributed by atoms with Gasteiger partial charge >= 0.3 is 17.8 Å². The highest BCUT2D eigenvalue weighted by molar-refractivity contribution is 6.39. The molecule has 3 amide bonds. The van der Waals surface area contributed by atoms with Gasteiger partial charge in [-0.05, 0) is 61.5 Å². The number of nitrogens with zero attached hydrogens (tertiary/aromatic N) is 1. The number of halogens is 2. The summed E-state index contributed by atoms with van der Waals surface area (Å²) in [4.78, 5) is 51.6. The Labute approximate surface area is 227 Å². The summed E-state index contributed by atoms with van der Waals surface area (Å²) in [5, 5.41) is 5.75. The van der Waals surface area contributed by atoms with E-state index in [0.29, 0.717) is 32.9 Å². The molecule has 0 aliphatic carbocycles. The van der Waals surface area contributed by atoms with E-state index in [1.807, 2.05) is 0 Å². The van der Waals surface area contributed by atoms with Crippen molar-refractivity contribution in [2.24, 2.45) is 0 Å². The van der Waals surface area contributed by atoms with Gasteiger partial charge in [0.25, 0.3) is 5.91 Å². The lowest BCUT2D eigenvalue weighted by atomic mass is 10.1. The van der Waals surface area contributed by atoms with Crippen LogP contribution in [0, 0.1) is 0 Å². The average Bonchev–Trinajstić information content (AvgIpc) is 3.43. The normalized spacial score (nSPS) is 14.2. The first-order valence-electron chi connectivity index (χ1n) is 11.2. The fraction of sp³-hybridized carbons (Fsp3) is 0.111. The van der Waals surface area contributed by atoms with Gasteiger partial charge in [-0.1, -0.05) is 35.3 Å². The van der Waals surface area contributed by atoms with Crippen molar-refractivity contribution in [3.05, 3.63) is 99.1 Å². The Morgan fingerprint density at radius 1 is 1.00 bits per heavy atom. The molecule has 0 spiro atoms. The van der Waals surface area contributed by atoms with E-state index in [4.69, 9.17) is 32.4 Å². The van der Waals surface area contributed by atoms with Crippen molar-refractivity contribution in [2.75, 3.05) is 17.3 Å². The molecule has 0 bridgehead atoms. The number of ether oxygens (including phenoxy) is 1. The fourth-order valence-electron chi connectivity index (χ4n) is 3.82. The Morgan fingerprint density at radius 3 is 2.39 bits per heavy atom. The van der Waals surface area contributed by atoms with Crippen LogP contribution >= 0.6 is 23.2 Å². The van der Waals surface area contributed by atoms with Gasteiger partial charge in [0.05, 0.1) is 30.5 Å². The zero-order valence-corrected chi connectivity index (χ0v) is 21.7. The van der Waals surface area contributed by atoms with Gasteiger partial charge in [-0.15, -0.1) is 0 Å². The van der Waals surface area contributed by atoms with E-state index in [2.05, 4.69) is 10.6 Å². The average molecular weight is 554 g/mol. The second-order valence-electron chi connectivity index (χ2n) is 8.08. The SMILES string of the molecule is COC(=O)C1=C(C)N(c2cccc(Cl)c2)C(=O)/C1=C/c1ccc(CNC(=O)C(=O)Nc2cccc(Cl)c2)o1. The number of esters is 1. The number of hydrogen-bond acceptors (Lipinski definition) is 6. The van der Waals surface area contributed by atoms with Crippen molar-refractivity contribution in [1.29, 1.82) is 0 Å². The van der Waals surface area contributed by atoms with E-state index >= 15 is 0 Å². The maximum Gasteiger partial charge on any atom is 0.340 e. The Kier molecular flexibility index (Phi) is 7.99. The van der Waals surface area contributed by atoms with E-state index < -0.39 is 23.7 Å². The summed E-state index contributed by atoms with van der Waals surface area (Å²) in [6.07, 6.45) is 1.42. The van der Waals surface area contributed by atoms with Gasteiger partial charge in [-0.2, -0.15) is 0 Å². The first-order chi connectivity index (χ1) is 18.2. The first-order valence-corrected chi connectivity index (χ1v) is 12.0. The number of carbonyl (C=O) groups excluding carboxylic acids is 4. The van der Waals surface area contributed by atoms with Crippen molar-refractivity contribution < 1.29 is 28.3 Å². The van der Waals surface area contributed by atoms with Crippen LogP contribution in [0.4, 0.5) is 11.4 Å². The molecule has 11 heteroatoms. The molecule has 2 N–H and O–H groups in total. The van der Waals surface area contributed by atoms with E-state index in [0.717, 1.165) is 0 Å². The summed E-state index contributed by atoms with van der Waals surface area (Å²) in [5.41, 5.74) is 1.40. The van der Waals surface area contributed by atoms with Crippen LogP contribution in [-0.4, -0.2) is 30.8 Å². The Hall–Kier alpha value is -4.34. The second-order valence-corrected chi connectivity index (χ2v) is 8.95. The minimum absolute atomic E-state index is 0.0696. The van der Waals surface area contributed by atoms with E-state index in [1.165, 1.54) is 24.2 Å². The summed E-state index contributed by atoms with van der Waals surface area (Å²) in [6.45, 7) is 1.54. The molecule has 0 radical (unpaired) electrons. The summed E-state index contributed by atoms with van der Waals surface area (Å²) < 4.78 is 10.6. The molecule has 0 saturated heterocycles. The summed E-state index contributed by atoms with van der Waals surface area (Å²) in [7, 11) is 1.23. The van der Waals surface area contributed by atoms with Gasteiger partial charge in [0.1, 0.15) is 11.5 Å². The molecule has 0 saturated carbocycles. The van der Waals surface area contributed by atoms with Crippen LogP contribution in [0.1, 0.15) is 18.4 Å². The van der Waals surface area contributed by atoms with Gasteiger partial charge in [0.15, 0.2) is 0 Å². The number of anilines is 2. The van der Waals surface area contributed by atoms with Gasteiger partial charge < -0.3 is 19.8 Å². The summed E-state index contributed by atoms with van der Waals surface area (Å²) >= 11 is 12.0. The molecular formula is C27H21Cl2N3O6. The molecule has 0 atom stereocenters. The summed E-state index contributed by atoms with van der Waals surface area (Å²) in [5.74, 6) is -2.33. The van der Waals surface area contributed by atoms with E-state index in [1.54, 1.807) is 61.5 Å². The molecule has 0 unspecified atom stereocenters. The van der Waals surface area contributed by atoms with Crippen LogP contribution in [0.2, 0.25) is 10.0 Å². The lowest BCUT2D eigenvalue weighted by Gasteiger charge is -2.18. The van der Waals surface area contributed by atoms with Crippen molar-refractivity contribution in [3.63, 3.8) is 0 Å². The largest absolute Gasteiger partial charge is 0.465 e. The smallest absolute Gasteiger partial charge is 0.340 e. The third-order valence-corrected chi connectivity index (χ3v) is 6.01. The molecule has 9 nitrogen and oxygen atoms in total. The van der Waals surface area contributed by atoms with Crippen LogP contribution in [0.15, 0.2) is 81.9 Å². The van der Waals surface area contributed by atoms with Crippen LogP contribution in [-0.2, 0) is 30.5 Å². The molecule has 1 aromatic heterocycles. The Balaban J connectivity index is 1.49. The van der Waals surface area contributed by atoms with Gasteiger partial charge in [0, 0.05) is 21.4 Å². The third-order valence-electron chi connectivity index (χ3n) is 5.54. The molecule has 38 heavy (non-hydrogen) atoms. The minimum atomic E-state index is -0.879. The highest BCUT2D eigenvalue weighted by atomic mass is 35.5. The van der Waals surface area contributed by atoms with E-state index in [9.17, 15) is 19.2 Å². The molecule has 2 aromatic carbocycles. The lowest BCUT2D eigenvalue weighted by molar-refractivity contribution is -0.136. The molecular weight excluding hydrogens is 533 g/mol. The number of benzene rings is 2. The fourth-order valence-corrected chi connectivity index (χ4v) is 4.19. The van der Waals surface area contributed by atoms with Crippen LogP contribution < -0.4 is 15.5 Å². The van der Waals surface area contributed by atoms with Crippen molar-refractivity contribution in [2.45, 2.75) is 13.5 Å². The topological polar surface area (TPSA) is 118 Å². The third kappa shape index (κ3) is 5.80. The molecule has 1 aliphatic heterocycles. The van der Waals surface area contributed by atoms with Crippen molar-refractivity contribution >= 4 is 64.3 Å². The zero-order valence-electron chi connectivity index (χ0n) is 20.2. The highest BCUT2D eigenvalue weighted by Crippen LogP contribution is 2.36. The molecule has 3 aromatic rings. The standard InChI is InChI=1S/C27H21Cl2N3O6/c1-15-23(27(36)37-2)22(26(35)32(15)19-8-4-6-17(29)12-19)13-20-9-10-21(38-20)14-30-24(33)25(34)31-18-7-3-5-16(28)11-18/h3-13H,14H2,1-2H3,(H,30,33)(H,31,34)/b22-13+. The predicted molar refractivity (Wildman–Crippen MR) is 142 cm³/mol. The van der Waals surface area contributed by atoms with Gasteiger partial charge in [-0.25, -0.2) is 4.79 Å². The number of nitrogens with one attached hydrogen (secondary N) is 2. The number of rotatable bonds is 6. The molecule has 2 heterocycles. The van der Waals surface area contributed by atoms with Gasteiger partial charge in [-0.3, -0.25) is 19.3 Å². The monoisotopic (exact) mass is 553 g/mol. The number of carbonyl (C=O) groups is 4. The minimum Gasteiger partial charge on any atom is -0.465 e. The number of methoxy groups -OCH3 is 1. The Bertz CT molecular complexity index is 1510. The van der Waals surface area contributed by atoms with Gasteiger partial charge in [0.2, 0.25) is 0 Å². The molecule has 0 fully saturated rings. The van der Waals surface area contributed by atoms with Crippen molar-refractivity contribution in [1.82, 2.24) is 5.32 Å². The second kappa shape index (κ2) is 11.4. The molecule has 194 valence electrons. The number of allylic oxidation sites excluding steroid dienone is 1. The molecule has 1 aliphatic rings. The maximum absolute atomic E-state index is 13.3. The van der Waals surface area contributed by atoms with E-state index in [-0.39, 0.29) is 23.5 Å². The van der Waals surface area contributed by atoms with Crippen molar-refractivity contribution in [3.8, 4) is 0 Å². The number of furan rings is 1. The zero-order chi connectivity index (χ0) is 27.4. The quantitative estimate of drug-likeness (QED) is 0.259.